The average Bonchev–Trinajstić information content (AvgIpc) is 2.31. The van der Waals surface area contributed by atoms with Crippen LogP contribution in [0.5, 0.6) is 0 Å². The van der Waals surface area contributed by atoms with Gasteiger partial charge in [-0.3, -0.25) is 9.71 Å². The summed E-state index contributed by atoms with van der Waals surface area (Å²) in [6.07, 6.45) is 2.48. The number of hydrogen-bond acceptors (Lipinski definition) is 4. The van der Waals surface area contributed by atoms with E-state index in [-0.39, 0.29) is 15.9 Å². The van der Waals surface area contributed by atoms with Crippen LogP contribution in [0.25, 0.3) is 0 Å². The van der Waals surface area contributed by atoms with Crippen LogP contribution in [-0.2, 0) is 10.0 Å². The van der Waals surface area contributed by atoms with E-state index in [9.17, 15) is 12.8 Å². The smallest absolute Gasteiger partial charge is 0.262 e. The van der Waals surface area contributed by atoms with Crippen molar-refractivity contribution in [2.75, 3.05) is 4.72 Å². The first-order chi connectivity index (χ1) is 8.88. The standard InChI is InChI=1S/C11H9ClFN3O2S/c1-7-2-3-8(13)4-9(7)19(17,18)16-11-6-14-5-10(12)15-11/h2-6H,1H3,(H,15,16). The van der Waals surface area contributed by atoms with Gasteiger partial charge in [0.25, 0.3) is 10.0 Å². The molecular formula is C11H9ClFN3O2S. The van der Waals surface area contributed by atoms with Crippen molar-refractivity contribution in [2.24, 2.45) is 0 Å². The maximum atomic E-state index is 13.1. The van der Waals surface area contributed by atoms with Crippen molar-refractivity contribution in [1.82, 2.24) is 9.97 Å². The molecule has 100 valence electrons. The number of aromatic nitrogens is 2. The fourth-order valence-electron chi connectivity index (χ4n) is 1.45. The van der Waals surface area contributed by atoms with E-state index in [1.54, 1.807) is 6.92 Å². The maximum absolute atomic E-state index is 13.1. The molecule has 2 rings (SSSR count). The topological polar surface area (TPSA) is 72.0 Å². The number of aryl methyl sites for hydroxylation is 1. The van der Waals surface area contributed by atoms with Crippen molar-refractivity contribution >= 4 is 27.4 Å². The van der Waals surface area contributed by atoms with Gasteiger partial charge in [-0.25, -0.2) is 17.8 Å². The molecule has 2 aromatic rings. The number of sulfonamides is 1. The monoisotopic (exact) mass is 301 g/mol. The van der Waals surface area contributed by atoms with E-state index in [0.717, 1.165) is 6.07 Å². The Bertz CT molecular complexity index is 722. The van der Waals surface area contributed by atoms with Crippen LogP contribution in [0.15, 0.2) is 35.5 Å². The van der Waals surface area contributed by atoms with Crippen molar-refractivity contribution < 1.29 is 12.8 Å². The molecule has 1 aromatic carbocycles. The second-order valence-electron chi connectivity index (χ2n) is 3.74. The third-order valence-corrected chi connectivity index (χ3v) is 3.96. The number of nitrogens with zero attached hydrogens (tertiary/aromatic N) is 2. The SMILES string of the molecule is Cc1ccc(F)cc1S(=O)(=O)Nc1cncc(Cl)n1. The van der Waals surface area contributed by atoms with Crippen LogP contribution in [0.1, 0.15) is 5.56 Å². The van der Waals surface area contributed by atoms with Crippen LogP contribution < -0.4 is 4.72 Å². The summed E-state index contributed by atoms with van der Waals surface area (Å²) in [4.78, 5) is 7.30. The summed E-state index contributed by atoms with van der Waals surface area (Å²) < 4.78 is 39.5. The van der Waals surface area contributed by atoms with E-state index in [1.165, 1.54) is 24.5 Å². The van der Waals surface area contributed by atoms with Gasteiger partial charge in [-0.05, 0) is 24.6 Å². The largest absolute Gasteiger partial charge is 0.263 e. The Morgan fingerprint density at radius 2 is 2.05 bits per heavy atom. The van der Waals surface area contributed by atoms with Gasteiger partial charge in [0.05, 0.1) is 17.3 Å². The number of anilines is 1. The fraction of sp³-hybridized carbons (Fsp3) is 0.0909. The van der Waals surface area contributed by atoms with E-state index in [0.29, 0.717) is 5.56 Å². The van der Waals surface area contributed by atoms with E-state index in [4.69, 9.17) is 11.6 Å². The van der Waals surface area contributed by atoms with Gasteiger partial charge < -0.3 is 0 Å². The van der Waals surface area contributed by atoms with Crippen molar-refractivity contribution in [3.8, 4) is 0 Å². The molecule has 0 aliphatic heterocycles. The Balaban J connectivity index is 2.40. The lowest BCUT2D eigenvalue weighted by Crippen LogP contribution is -2.15. The first-order valence-electron chi connectivity index (χ1n) is 5.15. The van der Waals surface area contributed by atoms with Crippen molar-refractivity contribution in [2.45, 2.75) is 11.8 Å². The van der Waals surface area contributed by atoms with Gasteiger partial charge in [0, 0.05) is 0 Å². The zero-order valence-electron chi connectivity index (χ0n) is 9.76. The molecule has 0 saturated heterocycles. The number of benzene rings is 1. The molecule has 0 fully saturated rings. The molecular weight excluding hydrogens is 293 g/mol. The Kier molecular flexibility index (Phi) is 3.68. The van der Waals surface area contributed by atoms with Gasteiger partial charge in [0.1, 0.15) is 11.0 Å². The van der Waals surface area contributed by atoms with Crippen LogP contribution in [0.3, 0.4) is 0 Å². The summed E-state index contributed by atoms with van der Waals surface area (Å²) in [6, 6.07) is 3.51. The van der Waals surface area contributed by atoms with Gasteiger partial charge in [0.15, 0.2) is 5.82 Å². The molecule has 19 heavy (non-hydrogen) atoms. The first kappa shape index (κ1) is 13.7. The molecule has 0 aliphatic carbocycles. The summed E-state index contributed by atoms with van der Waals surface area (Å²) in [5.74, 6) is -0.667. The number of rotatable bonds is 3. The van der Waals surface area contributed by atoms with Gasteiger partial charge in [-0.2, -0.15) is 0 Å². The van der Waals surface area contributed by atoms with E-state index in [2.05, 4.69) is 14.7 Å². The van der Waals surface area contributed by atoms with Crippen LogP contribution in [0, 0.1) is 12.7 Å². The minimum Gasteiger partial charge on any atom is -0.262 e. The number of nitrogens with one attached hydrogen (secondary N) is 1. The predicted molar refractivity (Wildman–Crippen MR) is 69.0 cm³/mol. The average molecular weight is 302 g/mol. The molecule has 0 bridgehead atoms. The van der Waals surface area contributed by atoms with E-state index < -0.39 is 15.8 Å². The van der Waals surface area contributed by atoms with Crippen molar-refractivity contribution in [1.29, 1.82) is 0 Å². The highest BCUT2D eigenvalue weighted by Gasteiger charge is 2.18. The molecule has 0 aliphatic rings. The lowest BCUT2D eigenvalue weighted by atomic mass is 10.2. The predicted octanol–water partition coefficient (Wildman–Crippen LogP) is 2.38. The number of hydrogen-bond donors (Lipinski definition) is 1. The summed E-state index contributed by atoms with van der Waals surface area (Å²) in [6.45, 7) is 1.57. The molecule has 0 unspecified atom stereocenters. The Morgan fingerprint density at radius 1 is 1.32 bits per heavy atom. The summed E-state index contributed by atoms with van der Waals surface area (Å²) in [7, 11) is -3.93. The maximum Gasteiger partial charge on any atom is 0.263 e. The zero-order valence-corrected chi connectivity index (χ0v) is 11.3. The zero-order chi connectivity index (χ0) is 14.0. The molecule has 0 radical (unpaired) electrons. The molecule has 0 amide bonds. The van der Waals surface area contributed by atoms with Crippen molar-refractivity contribution in [3.05, 3.63) is 47.1 Å². The van der Waals surface area contributed by atoms with Gasteiger partial charge >= 0.3 is 0 Å². The Labute approximate surface area is 114 Å². The van der Waals surface area contributed by atoms with Crippen LogP contribution in [0.4, 0.5) is 10.2 Å². The molecule has 0 atom stereocenters. The molecule has 1 heterocycles. The summed E-state index contributed by atoms with van der Waals surface area (Å²) in [5, 5.41) is 0.0520. The molecule has 5 nitrogen and oxygen atoms in total. The highest BCUT2D eigenvalue weighted by molar-refractivity contribution is 7.92. The van der Waals surface area contributed by atoms with Gasteiger partial charge in [0.2, 0.25) is 0 Å². The Hall–Kier alpha value is -1.73. The molecule has 0 saturated carbocycles. The van der Waals surface area contributed by atoms with Crippen LogP contribution >= 0.6 is 11.6 Å². The highest BCUT2D eigenvalue weighted by Crippen LogP contribution is 2.19. The van der Waals surface area contributed by atoms with E-state index >= 15 is 0 Å². The van der Waals surface area contributed by atoms with Gasteiger partial charge in [-0.15, -0.1) is 0 Å². The minimum atomic E-state index is -3.93. The third-order valence-electron chi connectivity index (χ3n) is 2.28. The van der Waals surface area contributed by atoms with Gasteiger partial charge in [-0.1, -0.05) is 17.7 Å². The second-order valence-corrected chi connectivity index (χ2v) is 5.78. The first-order valence-corrected chi connectivity index (χ1v) is 7.01. The highest BCUT2D eigenvalue weighted by atomic mass is 35.5. The minimum absolute atomic E-state index is 0.0313. The lowest BCUT2D eigenvalue weighted by molar-refractivity contribution is 0.594. The lowest BCUT2D eigenvalue weighted by Gasteiger charge is -2.09. The normalized spacial score (nSPS) is 11.3. The Morgan fingerprint density at radius 3 is 2.74 bits per heavy atom. The summed E-state index contributed by atoms with van der Waals surface area (Å²) >= 11 is 5.61. The van der Waals surface area contributed by atoms with Crippen molar-refractivity contribution in [3.63, 3.8) is 0 Å². The second kappa shape index (κ2) is 5.10. The molecule has 1 aromatic heterocycles. The molecule has 1 N–H and O–H groups in total. The molecule has 8 heteroatoms. The molecule has 0 spiro atoms. The van der Waals surface area contributed by atoms with Crippen LogP contribution in [0.2, 0.25) is 5.15 Å². The third kappa shape index (κ3) is 3.18. The fourth-order valence-corrected chi connectivity index (χ4v) is 2.84. The summed E-state index contributed by atoms with van der Waals surface area (Å²) in [5.41, 5.74) is 0.420. The number of halogens is 2. The van der Waals surface area contributed by atoms with E-state index in [1.807, 2.05) is 0 Å². The van der Waals surface area contributed by atoms with Crippen LogP contribution in [-0.4, -0.2) is 18.4 Å². The quantitative estimate of drug-likeness (QED) is 0.945.